The second-order valence-corrected chi connectivity index (χ2v) is 3.61. The summed E-state index contributed by atoms with van der Waals surface area (Å²) in [4.78, 5) is 22.8. The van der Waals surface area contributed by atoms with Crippen molar-refractivity contribution in [2.75, 3.05) is 0 Å². The maximum absolute atomic E-state index is 11.5. The largest absolute Gasteiger partial charge is 0.472 e. The van der Waals surface area contributed by atoms with E-state index in [1.54, 1.807) is 6.07 Å². The van der Waals surface area contributed by atoms with Crippen molar-refractivity contribution in [1.82, 2.24) is 0 Å². The van der Waals surface area contributed by atoms with Gasteiger partial charge in [-0.25, -0.2) is 0 Å². The maximum Gasteiger partial charge on any atom is 0.173 e. The van der Waals surface area contributed by atoms with Gasteiger partial charge in [-0.3, -0.25) is 9.59 Å². The van der Waals surface area contributed by atoms with Crippen LogP contribution in [0.2, 0.25) is 0 Å². The van der Waals surface area contributed by atoms with Gasteiger partial charge in [0.05, 0.1) is 18.2 Å². The summed E-state index contributed by atoms with van der Waals surface area (Å²) < 4.78 is 4.78. The van der Waals surface area contributed by atoms with Gasteiger partial charge in [-0.15, -0.1) is 0 Å². The molecule has 0 aliphatic carbocycles. The molecule has 3 nitrogen and oxygen atoms in total. The molecule has 0 N–H and O–H groups in total. The highest BCUT2D eigenvalue weighted by molar-refractivity contribution is 6.07. The summed E-state index contributed by atoms with van der Waals surface area (Å²) in [7, 11) is 0. The van der Waals surface area contributed by atoms with E-state index in [1.165, 1.54) is 12.5 Å². The Hall–Kier alpha value is -1.38. The van der Waals surface area contributed by atoms with E-state index in [1.807, 2.05) is 0 Å². The molecule has 0 atom stereocenters. The van der Waals surface area contributed by atoms with Gasteiger partial charge in [0.25, 0.3) is 0 Å². The molecule has 0 aromatic carbocycles. The van der Waals surface area contributed by atoms with Crippen LogP contribution in [0, 0.1) is 0 Å². The van der Waals surface area contributed by atoms with E-state index in [0.717, 1.165) is 19.3 Å². The molecule has 0 spiro atoms. The molecule has 0 aliphatic rings. The first-order valence-corrected chi connectivity index (χ1v) is 5.31. The van der Waals surface area contributed by atoms with Crippen molar-refractivity contribution >= 4 is 11.6 Å². The molecule has 1 aromatic heterocycles. The third-order valence-electron chi connectivity index (χ3n) is 2.26. The van der Waals surface area contributed by atoms with Gasteiger partial charge < -0.3 is 4.42 Å². The fourth-order valence-corrected chi connectivity index (χ4v) is 1.36. The summed E-state index contributed by atoms with van der Waals surface area (Å²) in [6, 6.07) is 1.58. The van der Waals surface area contributed by atoms with E-state index in [9.17, 15) is 9.59 Å². The number of hydrogen-bond donors (Lipinski definition) is 0. The number of ketones is 2. The summed E-state index contributed by atoms with van der Waals surface area (Å²) in [5, 5.41) is 0. The van der Waals surface area contributed by atoms with Gasteiger partial charge in [-0.2, -0.15) is 0 Å². The molecule has 1 rings (SSSR count). The second kappa shape index (κ2) is 6.17. The number of unbranched alkanes of at least 4 members (excludes halogenated alkanes) is 2. The number of carbonyl (C=O) groups excluding carboxylic acids is 2. The van der Waals surface area contributed by atoms with Crippen LogP contribution < -0.4 is 0 Å². The molecule has 0 saturated heterocycles. The predicted octanol–water partition coefficient (Wildman–Crippen LogP) is 3.00. The number of rotatable bonds is 7. The van der Waals surface area contributed by atoms with Gasteiger partial charge >= 0.3 is 0 Å². The lowest BCUT2D eigenvalue weighted by molar-refractivity contribution is -0.118. The van der Waals surface area contributed by atoms with Gasteiger partial charge in [0.2, 0.25) is 0 Å². The van der Waals surface area contributed by atoms with E-state index in [0.29, 0.717) is 12.0 Å². The molecule has 82 valence electrons. The van der Waals surface area contributed by atoms with Crippen molar-refractivity contribution in [1.29, 1.82) is 0 Å². The highest BCUT2D eigenvalue weighted by Gasteiger charge is 2.12. The molecule has 0 unspecified atom stereocenters. The van der Waals surface area contributed by atoms with Gasteiger partial charge in [0.15, 0.2) is 5.78 Å². The lowest BCUT2D eigenvalue weighted by Gasteiger charge is -1.98. The number of Topliss-reactive ketones (excluding diaryl/α,β-unsaturated/α-hetero) is 2. The van der Waals surface area contributed by atoms with Crippen LogP contribution in [-0.4, -0.2) is 11.6 Å². The molecule has 0 radical (unpaired) electrons. The van der Waals surface area contributed by atoms with Crippen molar-refractivity contribution < 1.29 is 14.0 Å². The fourth-order valence-electron chi connectivity index (χ4n) is 1.36. The summed E-state index contributed by atoms with van der Waals surface area (Å²) in [6.45, 7) is 2.08. The zero-order valence-electron chi connectivity index (χ0n) is 8.99. The normalized spacial score (nSPS) is 10.2. The minimum absolute atomic E-state index is 0.00322. The van der Waals surface area contributed by atoms with E-state index in [2.05, 4.69) is 6.92 Å². The monoisotopic (exact) mass is 208 g/mol. The Morgan fingerprint density at radius 2 is 2.13 bits per heavy atom. The molecule has 3 heteroatoms. The topological polar surface area (TPSA) is 47.3 Å². The second-order valence-electron chi connectivity index (χ2n) is 3.61. The van der Waals surface area contributed by atoms with Gasteiger partial charge in [0, 0.05) is 6.42 Å². The minimum atomic E-state index is -0.148. The van der Waals surface area contributed by atoms with E-state index < -0.39 is 0 Å². The zero-order chi connectivity index (χ0) is 11.1. The molecule has 0 bridgehead atoms. The average Bonchev–Trinajstić information content (AvgIpc) is 2.70. The standard InChI is InChI=1S/C12H16O3/c1-2-3-4-5-11(13)8-12(14)10-6-7-15-9-10/h6-7,9H,2-5,8H2,1H3. The number of hydrogen-bond acceptors (Lipinski definition) is 3. The Morgan fingerprint density at radius 3 is 2.73 bits per heavy atom. The van der Waals surface area contributed by atoms with Crippen LogP contribution in [0.5, 0.6) is 0 Å². The van der Waals surface area contributed by atoms with Gasteiger partial charge in [-0.1, -0.05) is 19.8 Å². The van der Waals surface area contributed by atoms with E-state index in [4.69, 9.17) is 4.42 Å². The van der Waals surface area contributed by atoms with Gasteiger partial charge in [-0.05, 0) is 12.5 Å². The Labute approximate surface area is 89.5 Å². The maximum atomic E-state index is 11.5. The van der Waals surface area contributed by atoms with Crippen molar-refractivity contribution in [3.8, 4) is 0 Å². The Balaban J connectivity index is 2.29. The first-order chi connectivity index (χ1) is 7.24. The first kappa shape index (κ1) is 11.7. The molecule has 1 heterocycles. The van der Waals surface area contributed by atoms with Crippen LogP contribution in [0.3, 0.4) is 0 Å². The van der Waals surface area contributed by atoms with Crippen molar-refractivity contribution in [3.63, 3.8) is 0 Å². The molecule has 0 fully saturated rings. The molecular formula is C12H16O3. The molecule has 15 heavy (non-hydrogen) atoms. The Bertz CT molecular complexity index is 312. The summed E-state index contributed by atoms with van der Waals surface area (Å²) in [5.74, 6) is -0.125. The molecule has 0 aliphatic heterocycles. The predicted molar refractivity (Wildman–Crippen MR) is 56.8 cm³/mol. The fraction of sp³-hybridized carbons (Fsp3) is 0.500. The highest BCUT2D eigenvalue weighted by atomic mass is 16.3. The van der Waals surface area contributed by atoms with Crippen LogP contribution >= 0.6 is 0 Å². The molecule has 0 amide bonds. The Morgan fingerprint density at radius 1 is 1.33 bits per heavy atom. The third-order valence-corrected chi connectivity index (χ3v) is 2.26. The van der Waals surface area contributed by atoms with E-state index >= 15 is 0 Å². The van der Waals surface area contributed by atoms with Crippen LogP contribution in [0.25, 0.3) is 0 Å². The summed E-state index contributed by atoms with van der Waals surface area (Å²) in [5.41, 5.74) is 0.485. The van der Waals surface area contributed by atoms with Crippen LogP contribution in [0.4, 0.5) is 0 Å². The lowest BCUT2D eigenvalue weighted by Crippen LogP contribution is -2.07. The van der Waals surface area contributed by atoms with Crippen molar-refractivity contribution in [2.45, 2.75) is 39.0 Å². The van der Waals surface area contributed by atoms with E-state index in [-0.39, 0.29) is 18.0 Å². The third kappa shape index (κ3) is 4.11. The smallest absolute Gasteiger partial charge is 0.173 e. The molecular weight excluding hydrogens is 192 g/mol. The quantitative estimate of drug-likeness (QED) is 0.393. The average molecular weight is 208 g/mol. The van der Waals surface area contributed by atoms with Crippen LogP contribution in [0.15, 0.2) is 23.0 Å². The van der Waals surface area contributed by atoms with Crippen molar-refractivity contribution in [2.24, 2.45) is 0 Å². The van der Waals surface area contributed by atoms with Gasteiger partial charge in [0.1, 0.15) is 12.0 Å². The molecule has 0 saturated carbocycles. The minimum Gasteiger partial charge on any atom is -0.472 e. The van der Waals surface area contributed by atoms with Crippen molar-refractivity contribution in [3.05, 3.63) is 24.2 Å². The summed E-state index contributed by atoms with van der Waals surface area (Å²) in [6.07, 6.45) is 6.35. The number of furan rings is 1. The molecule has 1 aromatic rings. The zero-order valence-corrected chi connectivity index (χ0v) is 8.99. The first-order valence-electron chi connectivity index (χ1n) is 5.31. The highest BCUT2D eigenvalue weighted by Crippen LogP contribution is 2.07. The van der Waals surface area contributed by atoms with Crippen LogP contribution in [0.1, 0.15) is 49.4 Å². The SMILES string of the molecule is CCCCCC(=O)CC(=O)c1ccoc1. The summed E-state index contributed by atoms with van der Waals surface area (Å²) >= 11 is 0. The number of carbonyl (C=O) groups is 2. The lowest BCUT2D eigenvalue weighted by atomic mass is 10.0. The van der Waals surface area contributed by atoms with Crippen LogP contribution in [-0.2, 0) is 4.79 Å². The Kier molecular flexibility index (Phi) is 4.81.